The maximum absolute atomic E-state index is 13.0. The highest BCUT2D eigenvalue weighted by atomic mass is 19.1. The van der Waals surface area contributed by atoms with Crippen LogP contribution in [0.15, 0.2) is 18.2 Å². The van der Waals surface area contributed by atoms with Crippen molar-refractivity contribution in [3.63, 3.8) is 0 Å². The summed E-state index contributed by atoms with van der Waals surface area (Å²) in [6, 6.07) is 5.50. The molecular formula is C11H15FN2. The van der Waals surface area contributed by atoms with Gasteiger partial charge in [-0.15, -0.1) is 0 Å². The van der Waals surface area contributed by atoms with Crippen LogP contribution in [0.1, 0.15) is 12.0 Å². The van der Waals surface area contributed by atoms with Crippen LogP contribution >= 0.6 is 0 Å². The topological polar surface area (TPSA) is 24.1 Å². The Hall–Kier alpha value is -1.09. The second kappa shape index (κ2) is 3.96. The van der Waals surface area contributed by atoms with Crippen molar-refractivity contribution in [1.82, 2.24) is 5.32 Å². The molecule has 2 rings (SSSR count). The van der Waals surface area contributed by atoms with E-state index in [1.54, 1.807) is 6.07 Å². The van der Waals surface area contributed by atoms with E-state index >= 15 is 0 Å². The lowest BCUT2D eigenvalue weighted by atomic mass is 10.2. The number of rotatable bonds is 2. The first kappa shape index (κ1) is 9.46. The molecule has 2 nitrogen and oxygen atoms in total. The molecule has 1 aromatic rings. The Bertz CT molecular complexity index is 299. The zero-order chi connectivity index (χ0) is 9.97. The van der Waals surface area contributed by atoms with E-state index < -0.39 is 0 Å². The Morgan fingerprint density at radius 3 is 2.93 bits per heavy atom. The molecule has 0 bridgehead atoms. The minimum Gasteiger partial charge on any atom is -0.381 e. The van der Waals surface area contributed by atoms with Gasteiger partial charge in [0.25, 0.3) is 0 Å². The van der Waals surface area contributed by atoms with Crippen molar-refractivity contribution >= 4 is 5.69 Å². The molecule has 14 heavy (non-hydrogen) atoms. The van der Waals surface area contributed by atoms with Crippen molar-refractivity contribution in [2.45, 2.75) is 19.4 Å². The molecule has 0 amide bonds. The summed E-state index contributed by atoms with van der Waals surface area (Å²) in [5, 5.41) is 6.59. The van der Waals surface area contributed by atoms with Gasteiger partial charge >= 0.3 is 0 Å². The monoisotopic (exact) mass is 194 g/mol. The van der Waals surface area contributed by atoms with Crippen molar-refractivity contribution in [3.05, 3.63) is 29.6 Å². The SMILES string of the molecule is Cc1cc(F)cc(NC2CCNC2)c1. The van der Waals surface area contributed by atoms with E-state index in [1.165, 1.54) is 6.07 Å². The van der Waals surface area contributed by atoms with Gasteiger partial charge in [0.05, 0.1) is 0 Å². The van der Waals surface area contributed by atoms with Crippen LogP contribution in [0.2, 0.25) is 0 Å². The summed E-state index contributed by atoms with van der Waals surface area (Å²) >= 11 is 0. The highest BCUT2D eigenvalue weighted by Crippen LogP contribution is 2.15. The van der Waals surface area contributed by atoms with Crippen LogP contribution in [0.4, 0.5) is 10.1 Å². The van der Waals surface area contributed by atoms with Crippen LogP contribution in [-0.2, 0) is 0 Å². The van der Waals surface area contributed by atoms with Gasteiger partial charge in [-0.2, -0.15) is 0 Å². The van der Waals surface area contributed by atoms with Gasteiger partial charge in [-0.25, -0.2) is 4.39 Å². The summed E-state index contributed by atoms with van der Waals surface area (Å²) in [4.78, 5) is 0. The van der Waals surface area contributed by atoms with Crippen molar-refractivity contribution < 1.29 is 4.39 Å². The smallest absolute Gasteiger partial charge is 0.125 e. The van der Waals surface area contributed by atoms with E-state index in [9.17, 15) is 4.39 Å². The van der Waals surface area contributed by atoms with Crippen LogP contribution in [0.5, 0.6) is 0 Å². The highest BCUT2D eigenvalue weighted by molar-refractivity contribution is 5.47. The third kappa shape index (κ3) is 2.23. The minimum atomic E-state index is -0.168. The largest absolute Gasteiger partial charge is 0.381 e. The normalized spacial score (nSPS) is 21.1. The van der Waals surface area contributed by atoms with Crippen molar-refractivity contribution in [1.29, 1.82) is 0 Å². The number of hydrogen-bond acceptors (Lipinski definition) is 2. The number of aryl methyl sites for hydroxylation is 1. The lowest BCUT2D eigenvalue weighted by Crippen LogP contribution is -2.22. The number of anilines is 1. The van der Waals surface area contributed by atoms with Crippen LogP contribution in [-0.4, -0.2) is 19.1 Å². The van der Waals surface area contributed by atoms with Gasteiger partial charge in [-0.3, -0.25) is 0 Å². The van der Waals surface area contributed by atoms with Gasteiger partial charge in [0, 0.05) is 18.3 Å². The summed E-state index contributed by atoms with van der Waals surface area (Å²) in [5.41, 5.74) is 1.84. The average molecular weight is 194 g/mol. The van der Waals surface area contributed by atoms with Crippen molar-refractivity contribution in [2.24, 2.45) is 0 Å². The van der Waals surface area contributed by atoms with E-state index in [-0.39, 0.29) is 5.82 Å². The van der Waals surface area contributed by atoms with Gasteiger partial charge in [-0.1, -0.05) is 0 Å². The zero-order valence-corrected chi connectivity index (χ0v) is 8.31. The van der Waals surface area contributed by atoms with E-state index in [0.29, 0.717) is 6.04 Å². The second-order valence-corrected chi connectivity index (χ2v) is 3.85. The number of benzene rings is 1. The van der Waals surface area contributed by atoms with Crippen molar-refractivity contribution in [2.75, 3.05) is 18.4 Å². The number of halogens is 1. The molecule has 0 saturated carbocycles. The average Bonchev–Trinajstić information content (AvgIpc) is 2.54. The Balaban J connectivity index is 2.07. The fraction of sp³-hybridized carbons (Fsp3) is 0.455. The summed E-state index contributed by atoms with van der Waals surface area (Å²) in [5.74, 6) is -0.168. The predicted octanol–water partition coefficient (Wildman–Crippen LogP) is 1.91. The fourth-order valence-electron chi connectivity index (χ4n) is 1.83. The molecule has 1 heterocycles. The summed E-state index contributed by atoms with van der Waals surface area (Å²) in [6.45, 7) is 3.92. The third-order valence-electron chi connectivity index (χ3n) is 2.47. The molecule has 1 fully saturated rings. The van der Waals surface area contributed by atoms with E-state index in [1.807, 2.05) is 13.0 Å². The van der Waals surface area contributed by atoms with Gasteiger partial charge in [0.15, 0.2) is 0 Å². The maximum Gasteiger partial charge on any atom is 0.125 e. The van der Waals surface area contributed by atoms with Gasteiger partial charge < -0.3 is 10.6 Å². The quantitative estimate of drug-likeness (QED) is 0.751. The summed E-state index contributed by atoms with van der Waals surface area (Å²) in [7, 11) is 0. The molecule has 1 atom stereocenters. The Morgan fingerprint density at radius 2 is 2.29 bits per heavy atom. The summed E-state index contributed by atoms with van der Waals surface area (Å²) < 4.78 is 13.0. The first-order valence-electron chi connectivity index (χ1n) is 4.98. The molecule has 1 aromatic carbocycles. The van der Waals surface area contributed by atoms with E-state index in [2.05, 4.69) is 10.6 Å². The van der Waals surface area contributed by atoms with Crippen LogP contribution in [0.3, 0.4) is 0 Å². The number of hydrogen-bond donors (Lipinski definition) is 2. The lowest BCUT2D eigenvalue weighted by molar-refractivity contribution is 0.626. The minimum absolute atomic E-state index is 0.168. The molecule has 3 heteroatoms. The molecule has 0 aliphatic carbocycles. The van der Waals surface area contributed by atoms with Crippen molar-refractivity contribution in [3.8, 4) is 0 Å². The van der Waals surface area contributed by atoms with Crippen LogP contribution in [0.25, 0.3) is 0 Å². The molecule has 1 aliphatic heterocycles. The highest BCUT2D eigenvalue weighted by Gasteiger charge is 2.13. The molecule has 1 aliphatic rings. The molecule has 0 spiro atoms. The zero-order valence-electron chi connectivity index (χ0n) is 8.31. The molecule has 0 radical (unpaired) electrons. The maximum atomic E-state index is 13.0. The molecule has 2 N–H and O–H groups in total. The molecule has 1 saturated heterocycles. The lowest BCUT2D eigenvalue weighted by Gasteiger charge is -2.13. The predicted molar refractivity (Wildman–Crippen MR) is 56.0 cm³/mol. The Kier molecular flexibility index (Phi) is 2.68. The van der Waals surface area contributed by atoms with Gasteiger partial charge in [0.1, 0.15) is 5.82 Å². The Morgan fingerprint density at radius 1 is 1.43 bits per heavy atom. The fourth-order valence-corrected chi connectivity index (χ4v) is 1.83. The molecule has 0 aromatic heterocycles. The Labute approximate surface area is 83.5 Å². The summed E-state index contributed by atoms with van der Waals surface area (Å²) in [6.07, 6.45) is 1.11. The standard InChI is InChI=1S/C11H15FN2/c1-8-4-9(12)6-11(5-8)14-10-2-3-13-7-10/h4-6,10,13-14H,2-3,7H2,1H3. The molecule has 76 valence electrons. The molecular weight excluding hydrogens is 179 g/mol. The van der Waals surface area contributed by atoms with E-state index in [4.69, 9.17) is 0 Å². The van der Waals surface area contributed by atoms with Gasteiger partial charge in [-0.05, 0) is 43.7 Å². The third-order valence-corrected chi connectivity index (χ3v) is 2.47. The van der Waals surface area contributed by atoms with Crippen LogP contribution < -0.4 is 10.6 Å². The first-order valence-corrected chi connectivity index (χ1v) is 4.98. The van der Waals surface area contributed by atoms with E-state index in [0.717, 1.165) is 30.8 Å². The first-order chi connectivity index (χ1) is 6.74. The van der Waals surface area contributed by atoms with Gasteiger partial charge in [0.2, 0.25) is 0 Å². The van der Waals surface area contributed by atoms with Crippen LogP contribution in [0, 0.1) is 12.7 Å². The second-order valence-electron chi connectivity index (χ2n) is 3.85. The number of nitrogens with one attached hydrogen (secondary N) is 2. The molecule has 1 unspecified atom stereocenters.